The zero-order valence-electron chi connectivity index (χ0n) is 15.7. The first kappa shape index (κ1) is 19.5. The normalized spacial score (nSPS) is 16.3. The van der Waals surface area contributed by atoms with Crippen molar-refractivity contribution in [1.82, 2.24) is 10.4 Å². The van der Waals surface area contributed by atoms with Gasteiger partial charge in [-0.15, -0.1) is 0 Å². The van der Waals surface area contributed by atoms with E-state index in [1.165, 1.54) is 23.9 Å². The zero-order valence-corrected chi connectivity index (χ0v) is 16.5. The number of carbonyl (C=O) groups excluding carboxylic acids is 2. The van der Waals surface area contributed by atoms with Gasteiger partial charge in [0, 0.05) is 0 Å². The highest BCUT2D eigenvalue weighted by Crippen LogP contribution is 2.33. The second-order valence-electron chi connectivity index (χ2n) is 6.35. The minimum Gasteiger partial charge on any atom is -0.507 e. The fourth-order valence-corrected chi connectivity index (χ4v) is 3.73. The minimum atomic E-state index is -0.608. The highest BCUT2D eigenvalue weighted by molar-refractivity contribution is 8.18. The van der Waals surface area contributed by atoms with E-state index < -0.39 is 11.8 Å². The molecule has 7 heteroatoms. The summed E-state index contributed by atoms with van der Waals surface area (Å²) in [4.78, 5) is 30.7. The number of phenolic OH excluding ortho intramolecular Hbond substituents is 1. The molecule has 30 heavy (non-hydrogen) atoms. The first-order valence-electron chi connectivity index (χ1n) is 9.13. The fraction of sp³-hybridized carbons (Fsp3) is 0. The maximum absolute atomic E-state index is 13.0. The van der Waals surface area contributed by atoms with Crippen LogP contribution >= 0.6 is 11.8 Å². The maximum atomic E-state index is 13.0. The number of hydrogen-bond donors (Lipinski definition) is 2. The summed E-state index contributed by atoms with van der Waals surface area (Å²) in [6, 6.07) is 24.7. The van der Waals surface area contributed by atoms with Gasteiger partial charge in [0.2, 0.25) is 0 Å². The van der Waals surface area contributed by atoms with Crippen molar-refractivity contribution in [3.05, 3.63) is 101 Å². The Kier molecular flexibility index (Phi) is 5.63. The molecular weight excluding hydrogens is 398 g/mol. The number of thioether (sulfide) groups is 1. The zero-order chi connectivity index (χ0) is 20.9. The number of amides is 2. The number of para-hydroxylation sites is 2. The molecule has 1 aliphatic heterocycles. The summed E-state index contributed by atoms with van der Waals surface area (Å²) in [5, 5.41) is 11.4. The summed E-state index contributed by atoms with van der Waals surface area (Å²) < 4.78 is 0. The van der Waals surface area contributed by atoms with Gasteiger partial charge in [-0.1, -0.05) is 60.7 Å². The summed E-state index contributed by atoms with van der Waals surface area (Å²) >= 11 is 1.17. The van der Waals surface area contributed by atoms with Gasteiger partial charge in [-0.3, -0.25) is 15.0 Å². The van der Waals surface area contributed by atoms with E-state index in [0.29, 0.717) is 15.8 Å². The van der Waals surface area contributed by atoms with Crippen molar-refractivity contribution in [2.75, 3.05) is 0 Å². The van der Waals surface area contributed by atoms with Gasteiger partial charge in [0.25, 0.3) is 11.8 Å². The SMILES string of the molecule is O=C(NN1C(=O)C(=Cc2ccccc2)SC1=Nc1ccccc1)c1ccccc1O. The van der Waals surface area contributed by atoms with E-state index in [-0.39, 0.29) is 11.3 Å². The topological polar surface area (TPSA) is 82.0 Å². The molecular formula is C23H17N3O3S. The third-order valence-electron chi connectivity index (χ3n) is 4.25. The Morgan fingerprint density at radius 3 is 2.27 bits per heavy atom. The number of amidine groups is 1. The molecule has 148 valence electrons. The summed E-state index contributed by atoms with van der Waals surface area (Å²) in [6.45, 7) is 0. The van der Waals surface area contributed by atoms with Crippen LogP contribution in [0.5, 0.6) is 5.75 Å². The van der Waals surface area contributed by atoms with Crippen LogP contribution in [0.25, 0.3) is 6.08 Å². The second kappa shape index (κ2) is 8.67. The standard InChI is InChI=1S/C23H17N3O3S/c27-19-14-8-7-13-18(19)21(28)25-26-22(29)20(15-16-9-3-1-4-10-16)30-23(26)24-17-11-5-2-6-12-17/h1-15,27H,(H,25,28). The van der Waals surface area contributed by atoms with Gasteiger partial charge < -0.3 is 5.11 Å². The fourth-order valence-electron chi connectivity index (χ4n) is 2.79. The lowest BCUT2D eigenvalue weighted by atomic mass is 10.2. The molecule has 3 aromatic carbocycles. The van der Waals surface area contributed by atoms with Gasteiger partial charge in [-0.25, -0.2) is 4.99 Å². The molecule has 0 saturated carbocycles. The van der Waals surface area contributed by atoms with Crippen LogP contribution in [0, 0.1) is 0 Å². The number of phenols is 1. The number of nitrogens with one attached hydrogen (secondary N) is 1. The van der Waals surface area contributed by atoms with Gasteiger partial charge in [-0.05, 0) is 47.7 Å². The molecule has 0 atom stereocenters. The summed E-state index contributed by atoms with van der Waals surface area (Å²) in [5.41, 5.74) is 4.14. The molecule has 1 aliphatic rings. The molecule has 0 aliphatic carbocycles. The number of hydrazine groups is 1. The molecule has 2 amide bonds. The highest BCUT2D eigenvalue weighted by atomic mass is 32.2. The van der Waals surface area contributed by atoms with Crippen LogP contribution in [0.15, 0.2) is 94.8 Å². The number of aromatic hydroxyl groups is 1. The number of carbonyl (C=O) groups is 2. The predicted molar refractivity (Wildman–Crippen MR) is 118 cm³/mol. The van der Waals surface area contributed by atoms with Crippen molar-refractivity contribution < 1.29 is 14.7 Å². The van der Waals surface area contributed by atoms with Crippen molar-refractivity contribution in [1.29, 1.82) is 0 Å². The number of nitrogens with zero attached hydrogens (tertiary/aromatic N) is 2. The summed E-state index contributed by atoms with van der Waals surface area (Å²) in [5.74, 6) is -1.18. The molecule has 6 nitrogen and oxygen atoms in total. The summed E-state index contributed by atoms with van der Waals surface area (Å²) in [7, 11) is 0. The van der Waals surface area contributed by atoms with E-state index in [1.54, 1.807) is 30.3 Å². The van der Waals surface area contributed by atoms with Gasteiger partial charge >= 0.3 is 0 Å². The molecule has 0 aromatic heterocycles. The average Bonchev–Trinajstić information content (AvgIpc) is 3.04. The molecule has 1 fully saturated rings. The van der Waals surface area contributed by atoms with Gasteiger partial charge in [0.1, 0.15) is 5.75 Å². The number of rotatable bonds is 4. The van der Waals surface area contributed by atoms with Crippen molar-refractivity contribution in [2.45, 2.75) is 0 Å². The smallest absolute Gasteiger partial charge is 0.285 e. The van der Waals surface area contributed by atoms with E-state index in [4.69, 9.17) is 0 Å². The lowest BCUT2D eigenvalue weighted by Gasteiger charge is -2.17. The third kappa shape index (κ3) is 4.26. The van der Waals surface area contributed by atoms with Crippen LogP contribution in [0.3, 0.4) is 0 Å². The second-order valence-corrected chi connectivity index (χ2v) is 7.36. The number of benzene rings is 3. The van der Waals surface area contributed by atoms with Crippen LogP contribution in [0.1, 0.15) is 15.9 Å². The van der Waals surface area contributed by atoms with Crippen LogP contribution < -0.4 is 5.43 Å². The third-order valence-corrected chi connectivity index (χ3v) is 5.22. The van der Waals surface area contributed by atoms with Crippen molar-refractivity contribution in [2.24, 2.45) is 4.99 Å². The molecule has 0 spiro atoms. The summed E-state index contributed by atoms with van der Waals surface area (Å²) in [6.07, 6.45) is 1.75. The van der Waals surface area contributed by atoms with Gasteiger partial charge in [-0.2, -0.15) is 5.01 Å². The quantitative estimate of drug-likeness (QED) is 0.621. The molecule has 4 rings (SSSR count). The lowest BCUT2D eigenvalue weighted by Crippen LogP contribution is -2.45. The van der Waals surface area contributed by atoms with Crippen molar-refractivity contribution in [3.8, 4) is 5.75 Å². The Morgan fingerprint density at radius 2 is 1.57 bits per heavy atom. The van der Waals surface area contributed by atoms with E-state index in [1.807, 2.05) is 48.5 Å². The predicted octanol–water partition coefficient (Wildman–Crippen LogP) is 4.34. The van der Waals surface area contributed by atoms with Crippen LogP contribution in [0.2, 0.25) is 0 Å². The molecule has 3 aromatic rings. The Bertz CT molecular complexity index is 1140. The van der Waals surface area contributed by atoms with E-state index in [2.05, 4.69) is 10.4 Å². The van der Waals surface area contributed by atoms with Crippen molar-refractivity contribution in [3.63, 3.8) is 0 Å². The maximum Gasteiger partial charge on any atom is 0.285 e. The lowest BCUT2D eigenvalue weighted by molar-refractivity contribution is -0.123. The first-order chi connectivity index (χ1) is 14.6. The average molecular weight is 415 g/mol. The van der Waals surface area contributed by atoms with E-state index >= 15 is 0 Å². The largest absolute Gasteiger partial charge is 0.507 e. The van der Waals surface area contributed by atoms with Gasteiger partial charge in [0.05, 0.1) is 16.2 Å². The monoisotopic (exact) mass is 415 g/mol. The number of hydrogen-bond acceptors (Lipinski definition) is 5. The Morgan fingerprint density at radius 1 is 0.933 bits per heavy atom. The van der Waals surface area contributed by atoms with Gasteiger partial charge in [0.15, 0.2) is 5.17 Å². The Labute approximate surface area is 177 Å². The molecule has 0 unspecified atom stereocenters. The first-order valence-corrected chi connectivity index (χ1v) is 9.95. The van der Waals surface area contributed by atoms with Crippen LogP contribution in [0.4, 0.5) is 5.69 Å². The molecule has 1 heterocycles. The Hall–Kier alpha value is -3.84. The Balaban J connectivity index is 1.68. The molecule has 0 bridgehead atoms. The molecule has 2 N–H and O–H groups in total. The van der Waals surface area contributed by atoms with Crippen LogP contribution in [-0.2, 0) is 4.79 Å². The number of aliphatic imine (C=N–C) groups is 1. The van der Waals surface area contributed by atoms with Crippen LogP contribution in [-0.4, -0.2) is 27.1 Å². The van der Waals surface area contributed by atoms with E-state index in [9.17, 15) is 14.7 Å². The van der Waals surface area contributed by atoms with E-state index in [0.717, 1.165) is 10.6 Å². The molecule has 1 saturated heterocycles. The molecule has 0 radical (unpaired) electrons. The highest BCUT2D eigenvalue weighted by Gasteiger charge is 2.35. The van der Waals surface area contributed by atoms with Crippen molar-refractivity contribution >= 4 is 40.5 Å². The minimum absolute atomic E-state index is 0.0647.